The number of hydrogen-bond donors (Lipinski definition) is 0. The van der Waals surface area contributed by atoms with Crippen LogP contribution in [0.25, 0.3) is 0 Å². The number of likely N-dealkylation sites (tertiary alicyclic amines) is 1. The predicted octanol–water partition coefficient (Wildman–Crippen LogP) is 2.69. The molecule has 2 heterocycles. The van der Waals surface area contributed by atoms with Crippen LogP contribution in [-0.4, -0.2) is 55.4 Å². The lowest BCUT2D eigenvalue weighted by Crippen LogP contribution is -2.38. The van der Waals surface area contributed by atoms with Crippen LogP contribution in [0.15, 0.2) is 0 Å². The lowest BCUT2D eigenvalue weighted by atomic mass is 9.99. The van der Waals surface area contributed by atoms with E-state index in [1.54, 1.807) is 0 Å². The molecular weight excluding hydrogens is 264 g/mol. The molecule has 0 aromatic carbocycles. The summed E-state index contributed by atoms with van der Waals surface area (Å²) in [5, 5.41) is 0. The number of hydrogen-bond acceptors (Lipinski definition) is 3. The van der Waals surface area contributed by atoms with Gasteiger partial charge in [0.2, 0.25) is 0 Å². The third-order valence-electron chi connectivity index (χ3n) is 5.01. The van der Waals surface area contributed by atoms with Crippen LogP contribution in [-0.2, 0) is 9.47 Å². The van der Waals surface area contributed by atoms with Gasteiger partial charge in [-0.15, -0.1) is 0 Å². The largest absolute Gasteiger partial charge is 0.378 e. The Morgan fingerprint density at radius 3 is 2.60 bits per heavy atom. The van der Waals surface area contributed by atoms with E-state index in [2.05, 4.69) is 4.90 Å². The summed E-state index contributed by atoms with van der Waals surface area (Å²) in [6.07, 6.45) is 3.14. The fourth-order valence-electron chi connectivity index (χ4n) is 3.65. The number of alkyl halides is 2. The molecule has 3 aliphatic rings. The van der Waals surface area contributed by atoms with Gasteiger partial charge in [0.25, 0.3) is 5.92 Å². The van der Waals surface area contributed by atoms with Gasteiger partial charge in [0.05, 0.1) is 23.7 Å². The first-order valence-electron chi connectivity index (χ1n) is 7.72. The third kappa shape index (κ3) is 2.60. The number of ether oxygens (including phenoxy) is 2. The van der Waals surface area contributed by atoms with E-state index in [0.717, 1.165) is 39.0 Å². The molecule has 0 N–H and O–H groups in total. The third-order valence-corrected chi connectivity index (χ3v) is 5.01. The molecule has 1 unspecified atom stereocenters. The van der Waals surface area contributed by atoms with Gasteiger partial charge in [0.1, 0.15) is 0 Å². The zero-order chi connectivity index (χ0) is 14.4. The monoisotopic (exact) mass is 289 g/mol. The number of nitrogens with zero attached hydrogens (tertiary/aromatic N) is 1. The lowest BCUT2D eigenvalue weighted by molar-refractivity contribution is -0.0291. The quantitative estimate of drug-likeness (QED) is 0.777. The van der Waals surface area contributed by atoms with Gasteiger partial charge in [-0.2, -0.15) is 0 Å². The van der Waals surface area contributed by atoms with Gasteiger partial charge in [0.15, 0.2) is 0 Å². The zero-order valence-corrected chi connectivity index (χ0v) is 12.5. The molecule has 3 rings (SSSR count). The first-order valence-corrected chi connectivity index (χ1v) is 7.72. The number of rotatable bonds is 5. The van der Waals surface area contributed by atoms with Crippen LogP contribution in [0, 0.1) is 5.41 Å². The molecule has 2 aliphatic heterocycles. The molecule has 5 heteroatoms. The molecule has 0 radical (unpaired) electrons. The van der Waals surface area contributed by atoms with E-state index >= 15 is 0 Å². The Morgan fingerprint density at radius 1 is 1.30 bits per heavy atom. The van der Waals surface area contributed by atoms with Crippen LogP contribution in [0.2, 0.25) is 0 Å². The molecule has 0 amide bonds. The molecule has 20 heavy (non-hydrogen) atoms. The average molecular weight is 289 g/mol. The van der Waals surface area contributed by atoms with Crippen molar-refractivity contribution in [3.63, 3.8) is 0 Å². The first kappa shape index (κ1) is 14.7. The minimum atomic E-state index is -2.56. The van der Waals surface area contributed by atoms with Crippen molar-refractivity contribution in [3.05, 3.63) is 0 Å². The molecule has 2 atom stereocenters. The van der Waals surface area contributed by atoms with Crippen molar-refractivity contribution < 1.29 is 18.3 Å². The van der Waals surface area contributed by atoms with Gasteiger partial charge in [0, 0.05) is 32.7 Å². The molecule has 116 valence electrons. The Bertz CT molecular complexity index is 369. The average Bonchev–Trinajstić information content (AvgIpc) is 2.79. The molecule has 1 saturated carbocycles. The Morgan fingerprint density at radius 2 is 2.05 bits per heavy atom. The zero-order valence-electron chi connectivity index (χ0n) is 12.5. The van der Waals surface area contributed by atoms with Crippen molar-refractivity contribution in [2.24, 2.45) is 5.41 Å². The molecule has 1 spiro atoms. The van der Waals surface area contributed by atoms with E-state index in [1.807, 2.05) is 13.8 Å². The minimum absolute atomic E-state index is 0.00589. The van der Waals surface area contributed by atoms with E-state index in [-0.39, 0.29) is 24.7 Å². The van der Waals surface area contributed by atoms with E-state index in [1.165, 1.54) is 0 Å². The van der Waals surface area contributed by atoms with Crippen molar-refractivity contribution in [2.75, 3.05) is 32.8 Å². The van der Waals surface area contributed by atoms with Gasteiger partial charge in [-0.1, -0.05) is 0 Å². The van der Waals surface area contributed by atoms with Crippen molar-refractivity contribution in [2.45, 2.75) is 57.2 Å². The minimum Gasteiger partial charge on any atom is -0.378 e. The molecule has 0 aromatic heterocycles. The summed E-state index contributed by atoms with van der Waals surface area (Å²) >= 11 is 0. The smallest absolute Gasteiger partial charge is 0.258 e. The van der Waals surface area contributed by atoms with Gasteiger partial charge >= 0.3 is 0 Å². The highest BCUT2D eigenvalue weighted by Crippen LogP contribution is 2.61. The molecule has 1 aliphatic carbocycles. The summed E-state index contributed by atoms with van der Waals surface area (Å²) in [5.74, 6) is -2.56. The summed E-state index contributed by atoms with van der Waals surface area (Å²) in [5.41, 5.74) is -0.994. The van der Waals surface area contributed by atoms with E-state index in [4.69, 9.17) is 9.47 Å². The summed E-state index contributed by atoms with van der Waals surface area (Å²) in [7, 11) is 0. The lowest BCUT2D eigenvalue weighted by Gasteiger charge is -2.27. The molecule has 2 saturated heterocycles. The van der Waals surface area contributed by atoms with Crippen LogP contribution in [0.1, 0.15) is 39.5 Å². The van der Waals surface area contributed by atoms with E-state index < -0.39 is 11.3 Å². The van der Waals surface area contributed by atoms with Gasteiger partial charge < -0.3 is 9.47 Å². The topological polar surface area (TPSA) is 21.7 Å². The summed E-state index contributed by atoms with van der Waals surface area (Å²) in [6.45, 7) is 6.91. The normalized spacial score (nSPS) is 40.0. The predicted molar refractivity (Wildman–Crippen MR) is 72.1 cm³/mol. The second-order valence-electron chi connectivity index (χ2n) is 7.12. The second kappa shape index (κ2) is 4.89. The van der Waals surface area contributed by atoms with Crippen molar-refractivity contribution in [3.8, 4) is 0 Å². The Kier molecular flexibility index (Phi) is 3.58. The Balaban J connectivity index is 1.58. The Hall–Kier alpha value is -0.260. The molecule has 0 aromatic rings. The highest BCUT2D eigenvalue weighted by molar-refractivity contribution is 5.13. The van der Waals surface area contributed by atoms with Crippen molar-refractivity contribution >= 4 is 0 Å². The number of halogens is 2. The molecular formula is C15H25F2NO2. The summed E-state index contributed by atoms with van der Waals surface area (Å²) < 4.78 is 38.9. The SMILES string of the molecule is CC(C)OC[C@]1(CN2CCC3(CCCO3)C2)CC1(F)F. The van der Waals surface area contributed by atoms with Crippen molar-refractivity contribution in [1.82, 2.24) is 4.90 Å². The molecule has 0 bridgehead atoms. The summed E-state index contributed by atoms with van der Waals surface area (Å²) in [4.78, 5) is 2.16. The Labute approximate surface area is 119 Å². The van der Waals surface area contributed by atoms with Gasteiger partial charge in [-0.05, 0) is 33.1 Å². The van der Waals surface area contributed by atoms with Crippen LogP contribution < -0.4 is 0 Å². The van der Waals surface area contributed by atoms with E-state index in [0.29, 0.717) is 6.54 Å². The maximum Gasteiger partial charge on any atom is 0.258 e. The van der Waals surface area contributed by atoms with Crippen LogP contribution >= 0.6 is 0 Å². The standard InChI is InChI=1S/C15H25F2NO2/c1-12(2)19-11-13(8-15(13,16)17)9-18-6-5-14(10-18)4-3-7-20-14/h12H,3-11H2,1-2H3/t13-,14?/m1/s1. The van der Waals surface area contributed by atoms with Crippen LogP contribution in [0.4, 0.5) is 8.78 Å². The summed E-state index contributed by atoms with van der Waals surface area (Å²) in [6, 6.07) is 0. The van der Waals surface area contributed by atoms with Gasteiger partial charge in [-0.3, -0.25) is 4.90 Å². The molecule has 3 fully saturated rings. The highest BCUT2D eigenvalue weighted by Gasteiger charge is 2.71. The van der Waals surface area contributed by atoms with E-state index in [9.17, 15) is 8.78 Å². The molecule has 3 nitrogen and oxygen atoms in total. The maximum atomic E-state index is 13.8. The fourth-order valence-corrected chi connectivity index (χ4v) is 3.65. The second-order valence-corrected chi connectivity index (χ2v) is 7.12. The maximum absolute atomic E-state index is 13.8. The van der Waals surface area contributed by atoms with Crippen molar-refractivity contribution in [1.29, 1.82) is 0 Å². The van der Waals surface area contributed by atoms with Crippen LogP contribution in [0.3, 0.4) is 0 Å². The van der Waals surface area contributed by atoms with Gasteiger partial charge in [-0.25, -0.2) is 8.78 Å². The van der Waals surface area contributed by atoms with Crippen LogP contribution in [0.5, 0.6) is 0 Å². The highest BCUT2D eigenvalue weighted by atomic mass is 19.3. The first-order chi connectivity index (χ1) is 9.37. The fraction of sp³-hybridized carbons (Fsp3) is 1.00.